The lowest BCUT2D eigenvalue weighted by molar-refractivity contribution is -0.150. The molecule has 0 unspecified atom stereocenters. The Morgan fingerprint density at radius 2 is 1.92 bits per heavy atom. The van der Waals surface area contributed by atoms with E-state index in [1.54, 1.807) is 13.0 Å². The highest BCUT2D eigenvalue weighted by molar-refractivity contribution is 8.03. The molecular formula is C27H23N9O11S3. The Hall–Kier alpha value is -5.78. The first kappa shape index (κ1) is 34.1. The lowest BCUT2D eigenvalue weighted by Crippen LogP contribution is -2.71. The standard InChI is InChI=1S/C27H23N9O11S3/c1-9-2-16(36-15(29-9)5-34(33-36)27(45)46)48-6-11-7-49-23-18(22(41)35(23)19(11)24(42)43)31-21(40)17(12-8-50-26(28)30-12)32-47-25(44)10-3-13(37)20(39)14(38)4-10/h2-5,8,18,23,33,37-39H,6-7H2,1H3,(H2,28,30)(H,31,40)(H,42,43)(H,45,46)/b32-17-/t18-,23-/m1/s1. The van der Waals surface area contributed by atoms with Gasteiger partial charge in [0.25, 0.3) is 11.8 Å². The second-order valence-corrected chi connectivity index (χ2v) is 13.5. The van der Waals surface area contributed by atoms with Crippen molar-refractivity contribution in [2.75, 3.05) is 17.2 Å². The summed E-state index contributed by atoms with van der Waals surface area (Å²) in [6.07, 6.45) is 1.71. The highest BCUT2D eigenvalue weighted by Gasteiger charge is 2.54. The maximum atomic E-state index is 13.4. The third kappa shape index (κ3) is 6.36. The molecule has 6 rings (SSSR count). The topological polar surface area (TPSA) is 293 Å². The molecule has 9 N–H and O–H groups in total. The summed E-state index contributed by atoms with van der Waals surface area (Å²) in [6, 6.07) is 0.380. The van der Waals surface area contributed by atoms with Crippen LogP contribution in [0.2, 0.25) is 0 Å². The molecule has 260 valence electrons. The number of rotatable bonds is 9. The number of nitrogens with two attached hydrogens (primary N) is 1. The first-order valence-electron chi connectivity index (χ1n) is 13.9. The van der Waals surface area contributed by atoms with Crippen molar-refractivity contribution >= 4 is 81.3 Å². The number of aromatic hydroxyl groups is 3. The number of fused-ring (bicyclic) bond motifs is 2. The SMILES string of the molecule is CC1=NC2=CN(C(=O)O)NN2C(SCC2=C(C(=O)O)N3C(=O)[C@@H](NC(=O)/C(=N\OC(=O)c4cc(O)c(O)c(O)c4)c4csc(N)n4)[C@H]3SC2)=C1. The normalized spacial score (nSPS) is 19.9. The third-order valence-electron chi connectivity index (χ3n) is 7.17. The zero-order valence-electron chi connectivity index (χ0n) is 25.1. The second kappa shape index (κ2) is 13.3. The molecule has 1 aromatic heterocycles. The zero-order chi connectivity index (χ0) is 36.0. The highest BCUT2D eigenvalue weighted by atomic mass is 32.2. The van der Waals surface area contributed by atoms with Crippen molar-refractivity contribution in [2.45, 2.75) is 18.3 Å². The molecule has 1 aromatic carbocycles. The molecule has 0 spiro atoms. The summed E-state index contributed by atoms with van der Waals surface area (Å²) in [6.45, 7) is 1.72. The van der Waals surface area contributed by atoms with E-state index in [4.69, 9.17) is 10.6 Å². The van der Waals surface area contributed by atoms with E-state index in [1.807, 2.05) is 0 Å². The first-order chi connectivity index (χ1) is 23.7. The van der Waals surface area contributed by atoms with E-state index in [9.17, 15) is 49.5 Å². The number of thioether (sulfide) groups is 2. The summed E-state index contributed by atoms with van der Waals surface area (Å²) >= 11 is 3.33. The van der Waals surface area contributed by atoms with Gasteiger partial charge in [-0.05, 0) is 30.7 Å². The minimum atomic E-state index is -1.37. The number of amides is 3. The predicted octanol–water partition coefficient (Wildman–Crippen LogP) is 0.705. The van der Waals surface area contributed by atoms with Gasteiger partial charge in [-0.3, -0.25) is 14.5 Å². The molecule has 3 amide bonds. The summed E-state index contributed by atoms with van der Waals surface area (Å²) in [4.78, 5) is 77.4. The third-order valence-corrected chi connectivity index (χ3v) is 10.3. The van der Waals surface area contributed by atoms with Crippen LogP contribution in [0.4, 0.5) is 9.93 Å². The number of thiazole rings is 1. The fraction of sp³-hybridized carbons (Fsp3) is 0.185. The van der Waals surface area contributed by atoms with Crippen molar-refractivity contribution < 1.29 is 54.3 Å². The molecule has 4 aliphatic rings. The van der Waals surface area contributed by atoms with Crippen LogP contribution in [-0.2, 0) is 19.2 Å². The number of carbonyl (C=O) groups is 5. The Labute approximate surface area is 291 Å². The number of nitrogen functional groups attached to an aromatic ring is 1. The molecule has 20 nitrogen and oxygen atoms in total. The van der Waals surface area contributed by atoms with Gasteiger partial charge >= 0.3 is 18.0 Å². The number of carboxylic acid groups (broad SMARTS) is 2. The van der Waals surface area contributed by atoms with Crippen LogP contribution in [0.5, 0.6) is 17.2 Å². The number of nitrogens with one attached hydrogen (secondary N) is 2. The monoisotopic (exact) mass is 745 g/mol. The molecule has 0 aliphatic carbocycles. The number of nitrogens with zero attached hydrogens (tertiary/aromatic N) is 6. The smallest absolute Gasteiger partial charge is 0.427 e. The molecule has 0 bridgehead atoms. The molecule has 0 saturated carbocycles. The van der Waals surface area contributed by atoms with Crippen LogP contribution in [0.3, 0.4) is 0 Å². The van der Waals surface area contributed by atoms with Gasteiger partial charge in [-0.15, -0.1) is 40.4 Å². The molecule has 23 heteroatoms. The summed E-state index contributed by atoms with van der Waals surface area (Å²) in [7, 11) is 0. The molecule has 2 aromatic rings. The Kier molecular flexibility index (Phi) is 9.04. The molecule has 50 heavy (non-hydrogen) atoms. The van der Waals surface area contributed by atoms with E-state index in [2.05, 4.69) is 26.0 Å². The van der Waals surface area contributed by atoms with Crippen molar-refractivity contribution in [1.82, 2.24) is 30.8 Å². The number of phenols is 3. The Balaban J connectivity index is 1.17. The zero-order valence-corrected chi connectivity index (χ0v) is 27.6. The molecule has 1 fully saturated rings. The number of allylic oxidation sites excluding steroid dienone is 1. The van der Waals surface area contributed by atoms with Gasteiger partial charge in [-0.25, -0.2) is 29.4 Å². The summed E-state index contributed by atoms with van der Waals surface area (Å²) in [5.74, 6) is -6.27. The predicted molar refractivity (Wildman–Crippen MR) is 176 cm³/mol. The van der Waals surface area contributed by atoms with Gasteiger partial charge in [-0.2, -0.15) is 5.01 Å². The number of benzene rings is 1. The van der Waals surface area contributed by atoms with E-state index < -0.39 is 69.8 Å². The number of hydrazine groups is 2. The van der Waals surface area contributed by atoms with Crippen LogP contribution in [0.15, 0.2) is 62.1 Å². The average Bonchev–Trinajstić information content (AvgIpc) is 3.70. The van der Waals surface area contributed by atoms with Gasteiger partial charge in [0.15, 0.2) is 33.9 Å². The highest BCUT2D eigenvalue weighted by Crippen LogP contribution is 2.42. The van der Waals surface area contributed by atoms with Crippen molar-refractivity contribution in [2.24, 2.45) is 10.1 Å². The van der Waals surface area contributed by atoms with E-state index in [0.29, 0.717) is 22.1 Å². The summed E-state index contributed by atoms with van der Waals surface area (Å²) in [5.41, 5.74) is 7.97. The Bertz CT molecular complexity index is 2000. The number of phenolic OH excluding ortho intramolecular Hbond substituents is 3. The first-order valence-corrected chi connectivity index (χ1v) is 16.8. The van der Waals surface area contributed by atoms with Crippen molar-refractivity contribution in [3.8, 4) is 17.2 Å². The number of aromatic nitrogens is 1. The minimum Gasteiger partial charge on any atom is -0.504 e. The maximum Gasteiger partial charge on any atom is 0.427 e. The number of hydrogen-bond acceptors (Lipinski definition) is 18. The van der Waals surface area contributed by atoms with Gasteiger partial charge in [0, 0.05) is 22.6 Å². The molecule has 1 saturated heterocycles. The van der Waals surface area contributed by atoms with Gasteiger partial charge < -0.3 is 41.4 Å². The van der Waals surface area contributed by atoms with Crippen LogP contribution >= 0.6 is 34.9 Å². The van der Waals surface area contributed by atoms with E-state index in [1.165, 1.54) is 40.1 Å². The largest absolute Gasteiger partial charge is 0.504 e. The fourth-order valence-electron chi connectivity index (χ4n) is 4.89. The fourth-order valence-corrected chi connectivity index (χ4v) is 7.99. The average molecular weight is 746 g/mol. The van der Waals surface area contributed by atoms with Crippen LogP contribution in [0.25, 0.3) is 0 Å². The van der Waals surface area contributed by atoms with Gasteiger partial charge in [0.2, 0.25) is 0 Å². The Morgan fingerprint density at radius 1 is 1.20 bits per heavy atom. The Morgan fingerprint density at radius 3 is 2.56 bits per heavy atom. The number of aliphatic carboxylic acids is 1. The number of oxime groups is 1. The molecule has 0 radical (unpaired) electrons. The molecule has 5 heterocycles. The van der Waals surface area contributed by atoms with E-state index in [0.717, 1.165) is 33.4 Å². The lowest BCUT2D eigenvalue weighted by atomic mass is 10.0. The van der Waals surface area contributed by atoms with Crippen LogP contribution < -0.4 is 16.6 Å². The van der Waals surface area contributed by atoms with Crippen LogP contribution in [0, 0.1) is 0 Å². The van der Waals surface area contributed by atoms with Gasteiger partial charge in [0.1, 0.15) is 22.8 Å². The second-order valence-electron chi connectivity index (χ2n) is 10.5. The van der Waals surface area contributed by atoms with Crippen molar-refractivity contribution in [3.05, 3.63) is 63.2 Å². The molecule has 4 aliphatic heterocycles. The van der Waals surface area contributed by atoms with Crippen molar-refractivity contribution in [1.29, 1.82) is 0 Å². The summed E-state index contributed by atoms with van der Waals surface area (Å²) < 4.78 is 0. The minimum absolute atomic E-state index is 0.0361. The number of aliphatic imine (C=N–C) groups is 1. The van der Waals surface area contributed by atoms with E-state index >= 15 is 0 Å². The van der Waals surface area contributed by atoms with Crippen LogP contribution in [-0.4, -0.2) is 110 Å². The van der Waals surface area contributed by atoms with Gasteiger partial charge in [-0.1, -0.05) is 5.16 Å². The number of hydrogen-bond donors (Lipinski definition) is 8. The quantitative estimate of drug-likeness (QED) is 0.0576. The number of anilines is 1. The molecular weight excluding hydrogens is 723 g/mol. The maximum absolute atomic E-state index is 13.4. The lowest BCUT2D eigenvalue weighted by Gasteiger charge is -2.49. The number of β-lactam (4-membered cyclic amide) rings is 1. The molecule has 2 atom stereocenters. The van der Waals surface area contributed by atoms with Crippen molar-refractivity contribution in [3.63, 3.8) is 0 Å². The number of carboxylic acids is 1. The van der Waals surface area contributed by atoms with E-state index in [-0.39, 0.29) is 28.0 Å². The van der Waals surface area contributed by atoms with Gasteiger partial charge in [0.05, 0.1) is 16.8 Å². The van der Waals surface area contributed by atoms with Crippen LogP contribution in [0.1, 0.15) is 23.0 Å². The summed E-state index contributed by atoms with van der Waals surface area (Å²) in [5, 5.41) is 57.8. The number of carbonyl (C=O) groups excluding carboxylic acids is 3.